The number of hydrogen-bond acceptors (Lipinski definition) is 2. The third-order valence-electron chi connectivity index (χ3n) is 2.15. The largest absolute Gasteiger partial charge is 0.464 e. The number of furan rings is 1. The maximum Gasteiger partial charge on any atom is 0.163 e. The molecule has 0 aliphatic carbocycles. The number of carbonyl (C=O) groups is 1. The maximum atomic E-state index is 12.7. The van der Waals surface area contributed by atoms with Crippen LogP contribution in [0.5, 0.6) is 0 Å². The van der Waals surface area contributed by atoms with Crippen LogP contribution in [0.4, 0.5) is 4.39 Å². The van der Waals surface area contributed by atoms with Gasteiger partial charge in [-0.1, -0.05) is 0 Å². The van der Waals surface area contributed by atoms with E-state index in [9.17, 15) is 9.18 Å². The van der Waals surface area contributed by atoms with E-state index in [1.54, 1.807) is 18.2 Å². The molecule has 1 aromatic carbocycles. The number of Topliss-reactive ketones (excluding diaryl/α,β-unsaturated/α-hetero) is 1. The van der Waals surface area contributed by atoms with Crippen LogP contribution < -0.4 is 0 Å². The van der Waals surface area contributed by atoms with Gasteiger partial charge in [0.1, 0.15) is 11.6 Å². The van der Waals surface area contributed by atoms with Gasteiger partial charge in [-0.15, -0.1) is 0 Å². The summed E-state index contributed by atoms with van der Waals surface area (Å²) in [5, 5.41) is 0. The molecule has 0 aliphatic rings. The fourth-order valence-electron chi connectivity index (χ4n) is 1.41. The van der Waals surface area contributed by atoms with Crippen molar-refractivity contribution in [2.75, 3.05) is 0 Å². The van der Waals surface area contributed by atoms with Gasteiger partial charge in [-0.3, -0.25) is 4.79 Å². The Morgan fingerprint density at radius 1 is 1.20 bits per heavy atom. The Morgan fingerprint density at radius 3 is 2.47 bits per heavy atom. The predicted molar refractivity (Wildman–Crippen MR) is 54.1 cm³/mol. The van der Waals surface area contributed by atoms with Gasteiger partial charge in [0.2, 0.25) is 0 Å². The molecule has 2 nitrogen and oxygen atoms in total. The first-order valence-electron chi connectivity index (χ1n) is 4.53. The van der Waals surface area contributed by atoms with Gasteiger partial charge in [-0.2, -0.15) is 0 Å². The molecule has 0 spiro atoms. The van der Waals surface area contributed by atoms with Gasteiger partial charge < -0.3 is 4.42 Å². The van der Waals surface area contributed by atoms with E-state index >= 15 is 0 Å². The molecule has 0 aliphatic heterocycles. The molecule has 3 heteroatoms. The van der Waals surface area contributed by atoms with Gasteiger partial charge in [0.05, 0.1) is 11.8 Å². The van der Waals surface area contributed by atoms with Crippen LogP contribution >= 0.6 is 0 Å². The summed E-state index contributed by atoms with van der Waals surface area (Å²) in [6.45, 7) is 1.47. The second kappa shape index (κ2) is 3.69. The molecule has 0 saturated carbocycles. The molecule has 0 atom stereocenters. The van der Waals surface area contributed by atoms with E-state index < -0.39 is 0 Å². The van der Waals surface area contributed by atoms with Crippen molar-refractivity contribution in [1.29, 1.82) is 0 Å². The van der Waals surface area contributed by atoms with Gasteiger partial charge in [-0.25, -0.2) is 4.39 Å². The molecule has 0 fully saturated rings. The first kappa shape index (κ1) is 9.65. The molecule has 0 saturated heterocycles. The van der Waals surface area contributed by atoms with Gasteiger partial charge in [0, 0.05) is 5.56 Å². The highest BCUT2D eigenvalue weighted by Crippen LogP contribution is 2.25. The van der Waals surface area contributed by atoms with Crippen molar-refractivity contribution in [3.8, 4) is 11.3 Å². The Balaban J connectivity index is 2.49. The Kier molecular flexibility index (Phi) is 2.37. The van der Waals surface area contributed by atoms with Gasteiger partial charge in [0.15, 0.2) is 5.78 Å². The number of benzene rings is 1. The van der Waals surface area contributed by atoms with E-state index in [2.05, 4.69) is 0 Å². The summed E-state index contributed by atoms with van der Waals surface area (Å²) < 4.78 is 17.9. The van der Waals surface area contributed by atoms with Crippen LogP contribution in [-0.4, -0.2) is 5.78 Å². The van der Waals surface area contributed by atoms with E-state index in [-0.39, 0.29) is 11.6 Å². The average Bonchev–Trinajstić information content (AvgIpc) is 2.67. The second-order valence-electron chi connectivity index (χ2n) is 3.23. The zero-order valence-electron chi connectivity index (χ0n) is 8.16. The summed E-state index contributed by atoms with van der Waals surface area (Å²) >= 11 is 0. The van der Waals surface area contributed by atoms with Crippen molar-refractivity contribution in [2.24, 2.45) is 0 Å². The fraction of sp³-hybridized carbons (Fsp3) is 0.0833. The standard InChI is InChI=1S/C12H9FO2/c1-8(14)11-6-7-15-12(11)9-2-4-10(13)5-3-9/h2-7H,1H3. The van der Waals surface area contributed by atoms with Crippen LogP contribution in [0.2, 0.25) is 0 Å². The Bertz CT molecular complexity index is 483. The lowest BCUT2D eigenvalue weighted by molar-refractivity contribution is 0.101. The molecule has 0 bridgehead atoms. The Morgan fingerprint density at radius 2 is 1.87 bits per heavy atom. The lowest BCUT2D eigenvalue weighted by atomic mass is 10.1. The van der Waals surface area contributed by atoms with Crippen molar-refractivity contribution >= 4 is 5.78 Å². The minimum Gasteiger partial charge on any atom is -0.464 e. The molecule has 1 heterocycles. The minimum atomic E-state index is -0.310. The molecule has 0 amide bonds. The molecule has 76 valence electrons. The Labute approximate surface area is 86.3 Å². The minimum absolute atomic E-state index is 0.0666. The smallest absolute Gasteiger partial charge is 0.163 e. The number of hydrogen-bond donors (Lipinski definition) is 0. The topological polar surface area (TPSA) is 30.2 Å². The highest BCUT2D eigenvalue weighted by Gasteiger charge is 2.12. The maximum absolute atomic E-state index is 12.7. The van der Waals surface area contributed by atoms with Gasteiger partial charge in [-0.05, 0) is 37.3 Å². The monoisotopic (exact) mass is 204 g/mol. The first-order chi connectivity index (χ1) is 7.18. The molecule has 0 radical (unpaired) electrons. The van der Waals surface area contributed by atoms with Crippen LogP contribution in [0.25, 0.3) is 11.3 Å². The molecule has 1 aromatic heterocycles. The van der Waals surface area contributed by atoms with E-state index in [1.807, 2.05) is 0 Å². The number of ketones is 1. The number of rotatable bonds is 2. The molecular weight excluding hydrogens is 195 g/mol. The van der Waals surface area contributed by atoms with Crippen molar-refractivity contribution in [3.05, 3.63) is 48.0 Å². The third-order valence-corrected chi connectivity index (χ3v) is 2.15. The molecule has 2 rings (SSSR count). The van der Waals surface area contributed by atoms with E-state index in [1.165, 1.54) is 25.3 Å². The van der Waals surface area contributed by atoms with Crippen molar-refractivity contribution in [1.82, 2.24) is 0 Å². The van der Waals surface area contributed by atoms with Gasteiger partial charge >= 0.3 is 0 Å². The third kappa shape index (κ3) is 1.81. The quantitative estimate of drug-likeness (QED) is 0.702. The van der Waals surface area contributed by atoms with Crippen LogP contribution in [0.3, 0.4) is 0 Å². The normalized spacial score (nSPS) is 10.3. The Hall–Kier alpha value is -1.90. The van der Waals surface area contributed by atoms with E-state index in [0.717, 1.165) is 0 Å². The number of carbonyl (C=O) groups excluding carboxylic acids is 1. The zero-order chi connectivity index (χ0) is 10.8. The zero-order valence-corrected chi connectivity index (χ0v) is 8.16. The predicted octanol–water partition coefficient (Wildman–Crippen LogP) is 3.29. The summed E-state index contributed by atoms with van der Waals surface area (Å²) in [5.74, 6) is 0.111. The van der Waals surface area contributed by atoms with Crippen molar-refractivity contribution in [3.63, 3.8) is 0 Å². The molecule has 15 heavy (non-hydrogen) atoms. The summed E-state index contributed by atoms with van der Waals surface area (Å²) in [6.07, 6.45) is 1.45. The average molecular weight is 204 g/mol. The molecule has 2 aromatic rings. The van der Waals surface area contributed by atoms with Crippen molar-refractivity contribution in [2.45, 2.75) is 6.92 Å². The van der Waals surface area contributed by atoms with Crippen molar-refractivity contribution < 1.29 is 13.6 Å². The van der Waals surface area contributed by atoms with Crippen LogP contribution in [0.15, 0.2) is 41.0 Å². The lowest BCUT2D eigenvalue weighted by Gasteiger charge is -1.99. The van der Waals surface area contributed by atoms with E-state index in [0.29, 0.717) is 16.9 Å². The fourth-order valence-corrected chi connectivity index (χ4v) is 1.41. The molecule has 0 unspecified atom stereocenters. The number of halogens is 1. The second-order valence-corrected chi connectivity index (χ2v) is 3.23. The summed E-state index contributed by atoms with van der Waals surface area (Å²) in [4.78, 5) is 11.2. The SMILES string of the molecule is CC(=O)c1ccoc1-c1ccc(F)cc1. The first-order valence-corrected chi connectivity index (χ1v) is 4.53. The van der Waals surface area contributed by atoms with Gasteiger partial charge in [0.25, 0.3) is 0 Å². The lowest BCUT2D eigenvalue weighted by Crippen LogP contribution is -1.91. The summed E-state index contributed by atoms with van der Waals surface area (Å²) in [6, 6.07) is 7.45. The molecule has 0 N–H and O–H groups in total. The van der Waals surface area contributed by atoms with E-state index in [4.69, 9.17) is 4.42 Å². The summed E-state index contributed by atoms with van der Waals surface area (Å²) in [7, 11) is 0. The van der Waals surface area contributed by atoms with Crippen LogP contribution in [0, 0.1) is 5.82 Å². The molecular formula is C12H9FO2. The van der Waals surface area contributed by atoms with Crippen LogP contribution in [-0.2, 0) is 0 Å². The van der Waals surface area contributed by atoms with Crippen LogP contribution in [0.1, 0.15) is 17.3 Å². The highest BCUT2D eigenvalue weighted by atomic mass is 19.1. The highest BCUT2D eigenvalue weighted by molar-refractivity contribution is 5.99. The summed E-state index contributed by atoms with van der Waals surface area (Å²) in [5.41, 5.74) is 1.22.